The molecule has 1 saturated heterocycles. The van der Waals surface area contributed by atoms with Crippen LogP contribution in [0.3, 0.4) is 0 Å². The standard InChI is InChI=1S/C11H24O2Si/c1-7-9(10-8-12-10)13-14(5,6)11(2,3)4/h9-10H,7-8H2,1-6H3/t9-,10-/m1/s1. The van der Waals surface area contributed by atoms with E-state index in [1.807, 2.05) is 0 Å². The number of hydrogen-bond donors (Lipinski definition) is 0. The second-order valence-electron chi connectivity index (χ2n) is 5.70. The molecule has 0 N–H and O–H groups in total. The molecule has 0 aliphatic carbocycles. The Morgan fingerprint density at radius 3 is 2.21 bits per heavy atom. The van der Waals surface area contributed by atoms with Crippen molar-refractivity contribution in [2.45, 2.75) is 64.5 Å². The molecular weight excluding hydrogens is 192 g/mol. The maximum atomic E-state index is 6.29. The van der Waals surface area contributed by atoms with Gasteiger partial charge in [-0.1, -0.05) is 27.7 Å². The summed E-state index contributed by atoms with van der Waals surface area (Å²) in [6, 6.07) is 0. The Kier molecular flexibility index (Phi) is 3.44. The molecule has 0 saturated carbocycles. The number of rotatable bonds is 4. The van der Waals surface area contributed by atoms with Gasteiger partial charge in [-0.25, -0.2) is 0 Å². The normalized spacial score (nSPS) is 24.9. The van der Waals surface area contributed by atoms with Gasteiger partial charge in [-0.2, -0.15) is 0 Å². The maximum Gasteiger partial charge on any atom is 0.192 e. The second kappa shape index (κ2) is 3.95. The average molecular weight is 216 g/mol. The minimum absolute atomic E-state index is 0.301. The number of epoxide rings is 1. The Morgan fingerprint density at radius 2 is 1.93 bits per heavy atom. The van der Waals surface area contributed by atoms with Gasteiger partial charge in [0.15, 0.2) is 8.32 Å². The summed E-state index contributed by atoms with van der Waals surface area (Å²) in [7, 11) is -1.59. The van der Waals surface area contributed by atoms with Crippen LogP contribution in [0.4, 0.5) is 0 Å². The zero-order valence-electron chi connectivity index (χ0n) is 10.4. The van der Waals surface area contributed by atoms with Crippen LogP contribution in [0.2, 0.25) is 18.1 Å². The predicted molar refractivity (Wildman–Crippen MR) is 62.1 cm³/mol. The van der Waals surface area contributed by atoms with E-state index in [9.17, 15) is 0 Å². The van der Waals surface area contributed by atoms with E-state index < -0.39 is 8.32 Å². The first-order valence-corrected chi connectivity index (χ1v) is 8.48. The zero-order valence-corrected chi connectivity index (χ0v) is 11.4. The van der Waals surface area contributed by atoms with E-state index in [-0.39, 0.29) is 0 Å². The average Bonchev–Trinajstić information content (AvgIpc) is 2.80. The van der Waals surface area contributed by atoms with Crippen molar-refractivity contribution in [2.75, 3.05) is 6.61 Å². The highest BCUT2D eigenvalue weighted by atomic mass is 28.4. The SMILES string of the molecule is CC[C@@H](O[Si](C)(C)C(C)(C)C)[C@H]1CO1. The van der Waals surface area contributed by atoms with E-state index in [0.717, 1.165) is 13.0 Å². The molecule has 1 rings (SSSR count). The molecule has 0 unspecified atom stereocenters. The predicted octanol–water partition coefficient (Wildman–Crippen LogP) is 3.19. The first kappa shape index (κ1) is 12.2. The Bertz CT molecular complexity index is 192. The molecule has 0 aromatic rings. The van der Waals surface area contributed by atoms with Gasteiger partial charge < -0.3 is 9.16 Å². The van der Waals surface area contributed by atoms with Gasteiger partial charge in [0.2, 0.25) is 0 Å². The summed E-state index contributed by atoms with van der Waals surface area (Å²) in [5, 5.41) is 0.301. The van der Waals surface area contributed by atoms with E-state index in [2.05, 4.69) is 40.8 Å². The van der Waals surface area contributed by atoms with Gasteiger partial charge in [-0.3, -0.25) is 0 Å². The molecule has 1 heterocycles. The van der Waals surface area contributed by atoms with Crippen molar-refractivity contribution in [2.24, 2.45) is 0 Å². The van der Waals surface area contributed by atoms with Crippen LogP contribution in [0, 0.1) is 0 Å². The molecular formula is C11H24O2Si. The molecule has 2 atom stereocenters. The molecule has 1 aliphatic heterocycles. The van der Waals surface area contributed by atoms with Gasteiger partial charge in [0.05, 0.1) is 12.7 Å². The van der Waals surface area contributed by atoms with E-state index in [4.69, 9.17) is 9.16 Å². The van der Waals surface area contributed by atoms with Crippen molar-refractivity contribution < 1.29 is 9.16 Å². The molecule has 14 heavy (non-hydrogen) atoms. The zero-order chi connectivity index (χ0) is 11.0. The van der Waals surface area contributed by atoms with Crippen molar-refractivity contribution in [1.82, 2.24) is 0 Å². The highest BCUT2D eigenvalue weighted by Crippen LogP contribution is 2.38. The van der Waals surface area contributed by atoms with Gasteiger partial charge in [0, 0.05) is 0 Å². The third-order valence-electron chi connectivity index (χ3n) is 3.43. The lowest BCUT2D eigenvalue weighted by atomic mass is 10.2. The monoisotopic (exact) mass is 216 g/mol. The summed E-state index contributed by atoms with van der Waals surface area (Å²) in [5.74, 6) is 0. The van der Waals surface area contributed by atoms with Crippen LogP contribution in [-0.4, -0.2) is 27.1 Å². The van der Waals surface area contributed by atoms with Crippen molar-refractivity contribution >= 4 is 8.32 Å². The molecule has 0 radical (unpaired) electrons. The van der Waals surface area contributed by atoms with E-state index in [1.165, 1.54) is 0 Å². The van der Waals surface area contributed by atoms with Crippen LogP contribution in [0.25, 0.3) is 0 Å². The highest BCUT2D eigenvalue weighted by molar-refractivity contribution is 6.74. The van der Waals surface area contributed by atoms with Crippen LogP contribution < -0.4 is 0 Å². The molecule has 1 fully saturated rings. The third kappa shape index (κ3) is 2.81. The molecule has 0 spiro atoms. The topological polar surface area (TPSA) is 21.8 Å². The fourth-order valence-corrected chi connectivity index (χ4v) is 2.68. The maximum absolute atomic E-state index is 6.29. The lowest BCUT2D eigenvalue weighted by molar-refractivity contribution is 0.139. The summed E-state index contributed by atoms with van der Waals surface area (Å²) in [6.07, 6.45) is 1.78. The quantitative estimate of drug-likeness (QED) is 0.532. The largest absolute Gasteiger partial charge is 0.411 e. The third-order valence-corrected chi connectivity index (χ3v) is 7.93. The summed E-state index contributed by atoms with van der Waals surface area (Å²) in [4.78, 5) is 0. The van der Waals surface area contributed by atoms with Crippen molar-refractivity contribution in [3.8, 4) is 0 Å². The van der Waals surface area contributed by atoms with Gasteiger partial charge in [-0.05, 0) is 24.6 Å². The van der Waals surface area contributed by atoms with Gasteiger partial charge in [-0.15, -0.1) is 0 Å². The molecule has 1 aliphatic rings. The first-order valence-electron chi connectivity index (χ1n) is 5.57. The Hall–Kier alpha value is 0.137. The summed E-state index contributed by atoms with van der Waals surface area (Å²) >= 11 is 0. The molecule has 3 heteroatoms. The van der Waals surface area contributed by atoms with Gasteiger partial charge in [0.25, 0.3) is 0 Å². The summed E-state index contributed by atoms with van der Waals surface area (Å²) in [5.41, 5.74) is 0. The van der Waals surface area contributed by atoms with Crippen LogP contribution in [-0.2, 0) is 9.16 Å². The van der Waals surface area contributed by atoms with E-state index >= 15 is 0 Å². The Balaban J connectivity index is 2.55. The number of hydrogen-bond acceptors (Lipinski definition) is 2. The fourth-order valence-electron chi connectivity index (χ4n) is 1.25. The van der Waals surface area contributed by atoms with Crippen LogP contribution in [0.1, 0.15) is 34.1 Å². The Morgan fingerprint density at radius 1 is 1.43 bits per heavy atom. The van der Waals surface area contributed by atoms with Crippen LogP contribution >= 0.6 is 0 Å². The van der Waals surface area contributed by atoms with Crippen LogP contribution in [0.15, 0.2) is 0 Å². The van der Waals surface area contributed by atoms with Crippen molar-refractivity contribution in [3.05, 3.63) is 0 Å². The molecule has 2 nitrogen and oxygen atoms in total. The minimum atomic E-state index is -1.59. The molecule has 0 aromatic carbocycles. The lowest BCUT2D eigenvalue weighted by Crippen LogP contribution is -2.45. The highest BCUT2D eigenvalue weighted by Gasteiger charge is 2.42. The van der Waals surface area contributed by atoms with E-state index in [1.54, 1.807) is 0 Å². The van der Waals surface area contributed by atoms with Gasteiger partial charge in [0.1, 0.15) is 6.10 Å². The molecule has 84 valence electrons. The first-order chi connectivity index (χ1) is 6.28. The summed E-state index contributed by atoms with van der Waals surface area (Å²) in [6.45, 7) is 14.5. The van der Waals surface area contributed by atoms with E-state index in [0.29, 0.717) is 17.2 Å². The minimum Gasteiger partial charge on any atom is -0.411 e. The Labute approximate surface area is 89.1 Å². The van der Waals surface area contributed by atoms with Crippen molar-refractivity contribution in [3.63, 3.8) is 0 Å². The molecule has 0 aromatic heterocycles. The molecule has 0 amide bonds. The summed E-state index contributed by atoms with van der Waals surface area (Å²) < 4.78 is 11.6. The smallest absolute Gasteiger partial charge is 0.192 e. The molecule has 0 bridgehead atoms. The number of ether oxygens (including phenoxy) is 1. The second-order valence-corrected chi connectivity index (χ2v) is 10.5. The van der Waals surface area contributed by atoms with Crippen LogP contribution in [0.5, 0.6) is 0 Å². The lowest BCUT2D eigenvalue weighted by Gasteiger charge is -2.38. The van der Waals surface area contributed by atoms with Crippen molar-refractivity contribution in [1.29, 1.82) is 0 Å². The fraction of sp³-hybridized carbons (Fsp3) is 1.00. The van der Waals surface area contributed by atoms with Gasteiger partial charge >= 0.3 is 0 Å².